The maximum absolute atomic E-state index is 12.5. The average molecular weight is 468 g/mol. The van der Waals surface area contributed by atoms with E-state index in [4.69, 9.17) is 9.15 Å². The molecule has 1 saturated carbocycles. The van der Waals surface area contributed by atoms with Crippen LogP contribution in [-0.4, -0.2) is 22.3 Å². The Morgan fingerprint density at radius 1 is 0.914 bits per heavy atom. The van der Waals surface area contributed by atoms with Gasteiger partial charge in [-0.3, -0.25) is 9.69 Å². The Labute approximate surface area is 205 Å². The standard InChI is InChI=1S/C29H29N3O3/c33-29(30-17-22-8-3-1-4-9-22)27-21-34-28(31-27)20-32(18-23-14-15-23)19-24-10-7-13-26(16-24)35-25-11-5-2-6-12-25/h1-13,16,21,23H,14-15,17-20H2,(H,30,33). The highest BCUT2D eigenvalue weighted by molar-refractivity contribution is 5.91. The van der Waals surface area contributed by atoms with Crippen LogP contribution in [0.5, 0.6) is 11.5 Å². The van der Waals surface area contributed by atoms with Gasteiger partial charge in [0.2, 0.25) is 5.89 Å². The zero-order valence-electron chi connectivity index (χ0n) is 19.6. The van der Waals surface area contributed by atoms with E-state index in [0.29, 0.717) is 30.6 Å². The van der Waals surface area contributed by atoms with Crippen molar-refractivity contribution in [2.24, 2.45) is 5.92 Å². The lowest BCUT2D eigenvalue weighted by Crippen LogP contribution is -2.26. The van der Waals surface area contributed by atoms with Crippen molar-refractivity contribution in [3.05, 3.63) is 114 Å². The number of benzene rings is 3. The van der Waals surface area contributed by atoms with Crippen LogP contribution in [0.15, 0.2) is 95.6 Å². The van der Waals surface area contributed by atoms with Crippen LogP contribution in [0, 0.1) is 5.92 Å². The number of amides is 1. The molecule has 0 atom stereocenters. The maximum atomic E-state index is 12.5. The molecular formula is C29H29N3O3. The molecule has 0 aliphatic heterocycles. The molecule has 1 N–H and O–H groups in total. The Hall–Kier alpha value is -3.90. The summed E-state index contributed by atoms with van der Waals surface area (Å²) in [5.41, 5.74) is 2.51. The van der Waals surface area contributed by atoms with Crippen molar-refractivity contribution in [3.8, 4) is 11.5 Å². The van der Waals surface area contributed by atoms with E-state index in [-0.39, 0.29) is 5.91 Å². The van der Waals surface area contributed by atoms with Crippen LogP contribution in [0.2, 0.25) is 0 Å². The predicted octanol–water partition coefficient (Wildman–Crippen LogP) is 5.81. The van der Waals surface area contributed by atoms with Gasteiger partial charge in [0.25, 0.3) is 5.91 Å². The SMILES string of the molecule is O=C(NCc1ccccc1)c1coc(CN(Cc2cccc(Oc3ccccc3)c2)CC2CC2)n1. The summed E-state index contributed by atoms with van der Waals surface area (Å²) >= 11 is 0. The molecule has 4 aromatic rings. The fourth-order valence-corrected chi connectivity index (χ4v) is 3.99. The van der Waals surface area contributed by atoms with Gasteiger partial charge < -0.3 is 14.5 Å². The summed E-state index contributed by atoms with van der Waals surface area (Å²) in [5.74, 6) is 2.66. The van der Waals surface area contributed by atoms with Crippen LogP contribution in [-0.2, 0) is 19.6 Å². The van der Waals surface area contributed by atoms with E-state index in [1.54, 1.807) is 0 Å². The molecule has 0 bridgehead atoms. The van der Waals surface area contributed by atoms with Crippen LogP contribution < -0.4 is 10.1 Å². The molecule has 0 unspecified atom stereocenters. The first-order chi connectivity index (χ1) is 17.2. The minimum Gasteiger partial charge on any atom is -0.457 e. The minimum absolute atomic E-state index is 0.233. The highest BCUT2D eigenvalue weighted by atomic mass is 16.5. The normalized spacial score (nSPS) is 13.1. The second kappa shape index (κ2) is 11.0. The summed E-state index contributed by atoms with van der Waals surface area (Å²) < 4.78 is 11.7. The molecule has 178 valence electrons. The Morgan fingerprint density at radius 3 is 2.40 bits per heavy atom. The number of ether oxygens (including phenoxy) is 1. The number of para-hydroxylation sites is 1. The fraction of sp³-hybridized carbons (Fsp3) is 0.241. The summed E-state index contributed by atoms with van der Waals surface area (Å²) in [6.07, 6.45) is 3.96. The summed E-state index contributed by atoms with van der Waals surface area (Å²) in [5, 5.41) is 2.90. The number of carbonyl (C=O) groups is 1. The quantitative estimate of drug-likeness (QED) is 0.302. The summed E-state index contributed by atoms with van der Waals surface area (Å²) in [6, 6.07) is 27.8. The lowest BCUT2D eigenvalue weighted by atomic mass is 10.2. The number of nitrogens with one attached hydrogen (secondary N) is 1. The lowest BCUT2D eigenvalue weighted by Gasteiger charge is -2.21. The first kappa shape index (κ1) is 22.9. The van der Waals surface area contributed by atoms with E-state index in [0.717, 1.165) is 35.7 Å². The monoisotopic (exact) mass is 467 g/mol. The predicted molar refractivity (Wildman–Crippen MR) is 134 cm³/mol. The number of hydrogen-bond acceptors (Lipinski definition) is 5. The van der Waals surface area contributed by atoms with Gasteiger partial charge in [0.1, 0.15) is 17.8 Å². The van der Waals surface area contributed by atoms with Gasteiger partial charge in [-0.1, -0.05) is 60.7 Å². The topological polar surface area (TPSA) is 67.6 Å². The fourth-order valence-electron chi connectivity index (χ4n) is 3.99. The first-order valence-electron chi connectivity index (χ1n) is 12.0. The van der Waals surface area contributed by atoms with Gasteiger partial charge in [-0.05, 0) is 54.2 Å². The maximum Gasteiger partial charge on any atom is 0.273 e. The van der Waals surface area contributed by atoms with Crippen molar-refractivity contribution < 1.29 is 13.9 Å². The minimum atomic E-state index is -0.233. The zero-order valence-corrected chi connectivity index (χ0v) is 19.6. The van der Waals surface area contributed by atoms with Crippen molar-refractivity contribution in [3.63, 3.8) is 0 Å². The van der Waals surface area contributed by atoms with Crippen LogP contribution in [0.4, 0.5) is 0 Å². The Morgan fingerprint density at radius 2 is 1.63 bits per heavy atom. The van der Waals surface area contributed by atoms with Crippen LogP contribution in [0.25, 0.3) is 0 Å². The number of aromatic nitrogens is 1. The first-order valence-corrected chi connectivity index (χ1v) is 12.0. The molecule has 3 aromatic carbocycles. The van der Waals surface area contributed by atoms with Gasteiger partial charge in [-0.2, -0.15) is 0 Å². The van der Waals surface area contributed by atoms with E-state index < -0.39 is 0 Å². The largest absolute Gasteiger partial charge is 0.457 e. The number of nitrogens with zero attached hydrogens (tertiary/aromatic N) is 2. The van der Waals surface area contributed by atoms with Crippen LogP contribution in [0.3, 0.4) is 0 Å². The second-order valence-corrected chi connectivity index (χ2v) is 8.97. The second-order valence-electron chi connectivity index (χ2n) is 8.97. The Bertz CT molecular complexity index is 1240. The number of hydrogen-bond donors (Lipinski definition) is 1. The molecule has 5 rings (SSSR count). The molecule has 1 aliphatic rings. The van der Waals surface area contributed by atoms with Gasteiger partial charge in [0.05, 0.1) is 6.54 Å². The number of rotatable bonds is 11. The van der Waals surface area contributed by atoms with Crippen LogP contribution in [0.1, 0.15) is 40.3 Å². The third-order valence-electron chi connectivity index (χ3n) is 5.94. The van der Waals surface area contributed by atoms with Crippen molar-refractivity contribution in [1.29, 1.82) is 0 Å². The Kier molecular flexibility index (Phi) is 7.20. The zero-order chi connectivity index (χ0) is 23.9. The molecule has 35 heavy (non-hydrogen) atoms. The van der Waals surface area contributed by atoms with Gasteiger partial charge in [-0.25, -0.2) is 4.98 Å². The lowest BCUT2D eigenvalue weighted by molar-refractivity contribution is 0.0945. The Balaban J connectivity index is 1.21. The smallest absolute Gasteiger partial charge is 0.273 e. The molecule has 0 radical (unpaired) electrons. The van der Waals surface area contributed by atoms with Crippen molar-refractivity contribution >= 4 is 5.91 Å². The molecule has 6 heteroatoms. The third kappa shape index (κ3) is 6.80. The average Bonchev–Trinajstić information content (AvgIpc) is 3.58. The van der Waals surface area contributed by atoms with E-state index in [1.165, 1.54) is 19.1 Å². The van der Waals surface area contributed by atoms with Gasteiger partial charge in [-0.15, -0.1) is 0 Å². The van der Waals surface area contributed by atoms with Gasteiger partial charge >= 0.3 is 0 Å². The van der Waals surface area contributed by atoms with E-state index >= 15 is 0 Å². The molecule has 1 aromatic heterocycles. The van der Waals surface area contributed by atoms with Crippen molar-refractivity contribution in [2.45, 2.75) is 32.5 Å². The van der Waals surface area contributed by atoms with Gasteiger partial charge in [0, 0.05) is 19.6 Å². The highest BCUT2D eigenvalue weighted by Crippen LogP contribution is 2.31. The van der Waals surface area contributed by atoms with Crippen molar-refractivity contribution in [1.82, 2.24) is 15.2 Å². The van der Waals surface area contributed by atoms with E-state index in [2.05, 4.69) is 27.3 Å². The summed E-state index contributed by atoms with van der Waals surface area (Å²) in [4.78, 5) is 19.3. The summed E-state index contributed by atoms with van der Waals surface area (Å²) in [6.45, 7) is 2.73. The summed E-state index contributed by atoms with van der Waals surface area (Å²) in [7, 11) is 0. The number of carbonyl (C=O) groups excluding carboxylic acids is 1. The number of oxazole rings is 1. The van der Waals surface area contributed by atoms with E-state index in [1.807, 2.05) is 72.8 Å². The van der Waals surface area contributed by atoms with Gasteiger partial charge in [0.15, 0.2) is 5.69 Å². The molecule has 1 heterocycles. The molecule has 6 nitrogen and oxygen atoms in total. The van der Waals surface area contributed by atoms with Crippen LogP contribution >= 0.6 is 0 Å². The molecular weight excluding hydrogens is 438 g/mol. The molecule has 0 saturated heterocycles. The molecule has 1 amide bonds. The highest BCUT2D eigenvalue weighted by Gasteiger charge is 2.25. The third-order valence-corrected chi connectivity index (χ3v) is 5.94. The van der Waals surface area contributed by atoms with E-state index in [9.17, 15) is 4.79 Å². The molecule has 1 aliphatic carbocycles. The molecule has 0 spiro atoms. The molecule has 1 fully saturated rings. The van der Waals surface area contributed by atoms with Crippen molar-refractivity contribution in [2.75, 3.05) is 6.54 Å².